The van der Waals surface area contributed by atoms with Crippen molar-refractivity contribution < 1.29 is 9.16 Å². The van der Waals surface area contributed by atoms with Crippen molar-refractivity contribution in [1.29, 1.82) is 0 Å². The van der Waals surface area contributed by atoms with Gasteiger partial charge >= 0.3 is 0 Å². The van der Waals surface area contributed by atoms with Crippen LogP contribution in [0.4, 0.5) is 0 Å². The van der Waals surface area contributed by atoms with Gasteiger partial charge in [-0.05, 0) is 69.6 Å². The third-order valence-electron chi connectivity index (χ3n) is 3.88. The Hall–Kier alpha value is -1.22. The van der Waals surface area contributed by atoms with Gasteiger partial charge in [-0.25, -0.2) is 0 Å². The number of hydrogen-bond donors (Lipinski definition) is 0. The number of rotatable bonds is 4. The Bertz CT molecular complexity index is 502. The van der Waals surface area contributed by atoms with Crippen LogP contribution in [0.15, 0.2) is 36.1 Å². The summed E-state index contributed by atoms with van der Waals surface area (Å²) in [5.74, 6) is 2.08. The Morgan fingerprint density at radius 2 is 1.95 bits per heavy atom. The molecule has 2 nitrogen and oxygen atoms in total. The highest BCUT2D eigenvalue weighted by Crippen LogP contribution is 2.42. The van der Waals surface area contributed by atoms with Crippen LogP contribution in [0, 0.1) is 0 Å². The number of benzene rings is 1. The van der Waals surface area contributed by atoms with Crippen molar-refractivity contribution in [3.05, 3.63) is 41.7 Å². The van der Waals surface area contributed by atoms with Crippen LogP contribution >= 0.6 is 0 Å². The van der Waals surface area contributed by atoms with Crippen molar-refractivity contribution in [2.45, 2.75) is 51.2 Å². The number of allylic oxidation sites excluding steroid dienone is 2. The van der Waals surface area contributed by atoms with Crippen molar-refractivity contribution in [1.82, 2.24) is 0 Å². The maximum absolute atomic E-state index is 6.38. The van der Waals surface area contributed by atoms with Crippen LogP contribution in [0.1, 0.15) is 31.7 Å². The zero-order valence-corrected chi connectivity index (χ0v) is 14.3. The minimum Gasteiger partial charge on any atom is -0.547 e. The molecular weight excluding hydrogens is 264 g/mol. The molecule has 0 amide bonds. The smallest absolute Gasteiger partial charge is 0.241 e. The average Bonchev–Trinajstić information content (AvgIpc) is 2.40. The molecule has 20 heavy (non-hydrogen) atoms. The predicted octanol–water partition coefficient (Wildman–Crippen LogP) is 4.87. The quantitative estimate of drug-likeness (QED) is 0.736. The predicted molar refractivity (Wildman–Crippen MR) is 86.7 cm³/mol. The summed E-state index contributed by atoms with van der Waals surface area (Å²) in [7, 11) is 0.132. The highest BCUT2D eigenvalue weighted by atomic mass is 28.4. The SMILES string of the molecule is COc1cccc([C@]2(C)CCCC=C2O[Si](C)(C)C)c1. The second-order valence-corrected chi connectivity index (χ2v) is 11.2. The molecule has 1 atom stereocenters. The molecule has 0 spiro atoms. The summed E-state index contributed by atoms with van der Waals surface area (Å²) in [5.41, 5.74) is 1.27. The van der Waals surface area contributed by atoms with E-state index in [0.717, 1.165) is 24.4 Å². The fourth-order valence-corrected chi connectivity index (χ4v) is 3.74. The Morgan fingerprint density at radius 3 is 2.60 bits per heavy atom. The van der Waals surface area contributed by atoms with Gasteiger partial charge in [0.15, 0.2) is 0 Å². The molecule has 0 bridgehead atoms. The molecule has 1 aliphatic carbocycles. The summed E-state index contributed by atoms with van der Waals surface area (Å²) in [6.45, 7) is 9.03. The highest BCUT2D eigenvalue weighted by molar-refractivity contribution is 6.70. The second-order valence-electron chi connectivity index (χ2n) is 6.74. The van der Waals surface area contributed by atoms with Crippen molar-refractivity contribution >= 4 is 8.32 Å². The Balaban J connectivity index is 2.38. The van der Waals surface area contributed by atoms with Crippen molar-refractivity contribution in [3.63, 3.8) is 0 Å². The molecule has 0 N–H and O–H groups in total. The van der Waals surface area contributed by atoms with Crippen molar-refractivity contribution in [2.24, 2.45) is 0 Å². The van der Waals surface area contributed by atoms with Crippen LogP contribution in [-0.4, -0.2) is 15.4 Å². The third-order valence-corrected chi connectivity index (χ3v) is 4.71. The molecular formula is C17H26O2Si. The molecule has 1 aliphatic rings. The fraction of sp³-hybridized carbons (Fsp3) is 0.529. The molecule has 1 aromatic rings. The summed E-state index contributed by atoms with van der Waals surface area (Å²) in [5, 5.41) is 0. The second kappa shape index (κ2) is 5.64. The van der Waals surface area contributed by atoms with Crippen LogP contribution in [0.5, 0.6) is 5.75 Å². The Morgan fingerprint density at radius 1 is 1.20 bits per heavy atom. The van der Waals surface area contributed by atoms with E-state index in [4.69, 9.17) is 9.16 Å². The zero-order chi connectivity index (χ0) is 14.8. The van der Waals surface area contributed by atoms with Crippen LogP contribution < -0.4 is 4.74 Å². The van der Waals surface area contributed by atoms with Gasteiger partial charge in [-0.2, -0.15) is 0 Å². The molecule has 0 saturated carbocycles. The lowest BCUT2D eigenvalue weighted by atomic mass is 9.73. The number of ether oxygens (including phenoxy) is 1. The Kier molecular flexibility index (Phi) is 4.28. The van der Waals surface area contributed by atoms with Gasteiger partial charge in [-0.15, -0.1) is 0 Å². The lowest BCUT2D eigenvalue weighted by Gasteiger charge is -2.39. The average molecular weight is 290 g/mol. The maximum Gasteiger partial charge on any atom is 0.241 e. The first-order chi connectivity index (χ1) is 9.35. The van der Waals surface area contributed by atoms with Crippen LogP contribution in [0.2, 0.25) is 19.6 Å². The Labute approximate surface area is 123 Å². The van der Waals surface area contributed by atoms with E-state index in [9.17, 15) is 0 Å². The topological polar surface area (TPSA) is 18.5 Å². The van der Waals surface area contributed by atoms with Gasteiger partial charge in [0.1, 0.15) is 5.75 Å². The lowest BCUT2D eigenvalue weighted by molar-refractivity contribution is 0.286. The molecule has 110 valence electrons. The van der Waals surface area contributed by atoms with E-state index in [1.807, 2.05) is 6.07 Å². The molecule has 3 heteroatoms. The zero-order valence-electron chi connectivity index (χ0n) is 13.3. The summed E-state index contributed by atoms with van der Waals surface area (Å²) >= 11 is 0. The minimum atomic E-state index is -1.59. The van der Waals surface area contributed by atoms with Gasteiger partial charge in [-0.3, -0.25) is 0 Å². The van der Waals surface area contributed by atoms with Gasteiger partial charge in [0.25, 0.3) is 0 Å². The van der Waals surface area contributed by atoms with E-state index < -0.39 is 8.32 Å². The van der Waals surface area contributed by atoms with Gasteiger partial charge in [-0.1, -0.05) is 12.1 Å². The van der Waals surface area contributed by atoms with E-state index in [1.165, 1.54) is 12.0 Å². The number of methoxy groups -OCH3 is 1. The molecule has 0 saturated heterocycles. The molecule has 0 radical (unpaired) electrons. The van der Waals surface area contributed by atoms with Crippen LogP contribution in [0.25, 0.3) is 0 Å². The monoisotopic (exact) mass is 290 g/mol. The largest absolute Gasteiger partial charge is 0.547 e. The first-order valence-corrected chi connectivity index (χ1v) is 10.8. The van der Waals surface area contributed by atoms with Crippen LogP contribution in [0.3, 0.4) is 0 Å². The van der Waals surface area contributed by atoms with E-state index >= 15 is 0 Å². The van der Waals surface area contributed by atoms with E-state index in [2.05, 4.69) is 50.8 Å². The first kappa shape index (κ1) is 15.2. The standard InChI is InChI=1S/C17H26O2Si/c1-17(14-9-8-10-15(13-14)18-2)12-7-6-11-16(17)19-20(3,4)5/h8-11,13H,6-7,12H2,1-5H3/t17-/m0/s1. The van der Waals surface area contributed by atoms with Crippen molar-refractivity contribution in [3.8, 4) is 5.75 Å². The van der Waals surface area contributed by atoms with Gasteiger partial charge in [0, 0.05) is 5.41 Å². The molecule has 0 aliphatic heterocycles. The highest BCUT2D eigenvalue weighted by Gasteiger charge is 2.36. The van der Waals surface area contributed by atoms with Gasteiger partial charge in [0.2, 0.25) is 8.32 Å². The molecule has 0 aromatic heterocycles. The van der Waals surface area contributed by atoms with Crippen LogP contribution in [-0.2, 0) is 9.84 Å². The molecule has 0 unspecified atom stereocenters. The van der Waals surface area contributed by atoms with E-state index in [1.54, 1.807) is 7.11 Å². The normalized spacial score (nSPS) is 23.1. The van der Waals surface area contributed by atoms with E-state index in [-0.39, 0.29) is 5.41 Å². The van der Waals surface area contributed by atoms with E-state index in [0.29, 0.717) is 0 Å². The summed E-state index contributed by atoms with van der Waals surface area (Å²) < 4.78 is 11.8. The van der Waals surface area contributed by atoms with Gasteiger partial charge in [0.05, 0.1) is 12.9 Å². The summed E-state index contributed by atoms with van der Waals surface area (Å²) in [4.78, 5) is 0. The lowest BCUT2D eigenvalue weighted by Crippen LogP contribution is -2.35. The summed E-state index contributed by atoms with van der Waals surface area (Å²) in [6.07, 6.45) is 5.77. The molecule has 0 heterocycles. The third kappa shape index (κ3) is 3.26. The number of hydrogen-bond acceptors (Lipinski definition) is 2. The van der Waals surface area contributed by atoms with Gasteiger partial charge < -0.3 is 9.16 Å². The maximum atomic E-state index is 6.38. The minimum absolute atomic E-state index is 0.0208. The molecule has 2 rings (SSSR count). The molecule has 0 fully saturated rings. The summed E-state index contributed by atoms with van der Waals surface area (Å²) in [6, 6.07) is 8.40. The van der Waals surface area contributed by atoms with Crippen molar-refractivity contribution in [2.75, 3.05) is 7.11 Å². The fourth-order valence-electron chi connectivity index (χ4n) is 2.77. The first-order valence-electron chi connectivity index (χ1n) is 7.39. The molecule has 1 aromatic carbocycles.